The number of halogens is 2. The van der Waals surface area contributed by atoms with Crippen molar-refractivity contribution in [3.8, 4) is 0 Å². The number of benzene rings is 1. The van der Waals surface area contributed by atoms with E-state index in [9.17, 15) is 18.4 Å². The maximum atomic E-state index is 13.7. The molecule has 1 aromatic carbocycles. The van der Waals surface area contributed by atoms with E-state index in [-0.39, 0.29) is 11.6 Å². The fourth-order valence-corrected chi connectivity index (χ4v) is 2.31. The van der Waals surface area contributed by atoms with Crippen LogP contribution in [0.25, 0.3) is 0 Å². The summed E-state index contributed by atoms with van der Waals surface area (Å²) in [5.74, 6) is -3.37. The van der Waals surface area contributed by atoms with Gasteiger partial charge in [-0.05, 0) is 32.0 Å². The lowest BCUT2D eigenvalue weighted by Crippen LogP contribution is -2.43. The number of primary amides is 1. The highest BCUT2D eigenvalue weighted by atomic mass is 19.1. The van der Waals surface area contributed by atoms with Gasteiger partial charge < -0.3 is 16.4 Å². The van der Waals surface area contributed by atoms with Gasteiger partial charge in [0, 0.05) is 11.5 Å². The molecule has 0 spiro atoms. The highest BCUT2D eigenvalue weighted by Crippen LogP contribution is 2.30. The normalized spacial score (nSPS) is 17.3. The maximum Gasteiger partial charge on any atom is 0.251 e. The first kappa shape index (κ1) is 15.4. The van der Waals surface area contributed by atoms with Crippen LogP contribution >= 0.6 is 0 Å². The van der Waals surface area contributed by atoms with Crippen LogP contribution in [0.2, 0.25) is 0 Å². The monoisotopic (exact) mass is 297 g/mol. The molecule has 0 unspecified atom stereocenters. The van der Waals surface area contributed by atoms with Crippen LogP contribution in [-0.2, 0) is 4.79 Å². The molecule has 1 aromatic rings. The van der Waals surface area contributed by atoms with Crippen molar-refractivity contribution >= 4 is 17.5 Å². The molecule has 1 fully saturated rings. The molecule has 0 saturated carbocycles. The van der Waals surface area contributed by atoms with E-state index in [2.05, 4.69) is 10.6 Å². The van der Waals surface area contributed by atoms with E-state index in [1.165, 1.54) is 0 Å². The Morgan fingerprint density at radius 1 is 1.24 bits per heavy atom. The van der Waals surface area contributed by atoms with Crippen LogP contribution in [0.4, 0.5) is 14.5 Å². The summed E-state index contributed by atoms with van der Waals surface area (Å²) in [6.07, 6.45) is 1.23. The van der Waals surface area contributed by atoms with E-state index in [4.69, 9.17) is 5.73 Å². The van der Waals surface area contributed by atoms with Crippen LogP contribution in [0.5, 0.6) is 0 Å². The Balaban J connectivity index is 2.24. The van der Waals surface area contributed by atoms with Crippen LogP contribution in [0, 0.1) is 17.0 Å². The van der Waals surface area contributed by atoms with Crippen molar-refractivity contribution in [1.29, 1.82) is 0 Å². The van der Waals surface area contributed by atoms with Crippen LogP contribution in [0.15, 0.2) is 12.1 Å². The second-order valence-electron chi connectivity index (χ2n) is 5.44. The summed E-state index contributed by atoms with van der Waals surface area (Å²) < 4.78 is 27.1. The van der Waals surface area contributed by atoms with Gasteiger partial charge >= 0.3 is 0 Å². The third kappa shape index (κ3) is 3.18. The second-order valence-corrected chi connectivity index (χ2v) is 5.44. The molecule has 1 aliphatic heterocycles. The summed E-state index contributed by atoms with van der Waals surface area (Å²) >= 11 is 0. The molecular weight excluding hydrogens is 280 g/mol. The molecule has 1 saturated heterocycles. The van der Waals surface area contributed by atoms with Gasteiger partial charge in [0.25, 0.3) is 5.91 Å². The van der Waals surface area contributed by atoms with E-state index < -0.39 is 28.5 Å². The van der Waals surface area contributed by atoms with Gasteiger partial charge in [0.05, 0.1) is 11.3 Å². The number of nitrogens with one attached hydrogen (secondary N) is 2. The molecule has 7 heteroatoms. The number of carbonyl (C=O) groups excluding carboxylic acids is 2. The molecule has 0 radical (unpaired) electrons. The molecule has 2 amide bonds. The molecular formula is C14H17F2N3O2. The van der Waals surface area contributed by atoms with Crippen molar-refractivity contribution in [1.82, 2.24) is 5.32 Å². The highest BCUT2D eigenvalue weighted by Gasteiger charge is 2.35. The van der Waals surface area contributed by atoms with Gasteiger partial charge in [-0.15, -0.1) is 0 Å². The zero-order valence-electron chi connectivity index (χ0n) is 11.6. The number of hydrogen-bond donors (Lipinski definition) is 3. The molecule has 1 aliphatic rings. The maximum absolute atomic E-state index is 13.7. The van der Waals surface area contributed by atoms with Gasteiger partial charge in [-0.1, -0.05) is 6.92 Å². The number of piperidine rings is 1. The molecule has 21 heavy (non-hydrogen) atoms. The van der Waals surface area contributed by atoms with Crippen LogP contribution in [0.1, 0.15) is 30.1 Å². The van der Waals surface area contributed by atoms with Crippen LogP contribution in [-0.4, -0.2) is 24.9 Å². The first-order valence-corrected chi connectivity index (χ1v) is 6.64. The third-order valence-corrected chi connectivity index (χ3v) is 3.83. The third-order valence-electron chi connectivity index (χ3n) is 3.83. The van der Waals surface area contributed by atoms with E-state index in [1.807, 2.05) is 0 Å². The van der Waals surface area contributed by atoms with Crippen LogP contribution < -0.4 is 16.4 Å². The lowest BCUT2D eigenvalue weighted by atomic mass is 9.80. The quantitative estimate of drug-likeness (QED) is 0.788. The molecule has 4 N–H and O–H groups in total. The van der Waals surface area contributed by atoms with Crippen molar-refractivity contribution in [3.63, 3.8) is 0 Å². The Labute approximate surface area is 120 Å². The van der Waals surface area contributed by atoms with Crippen LogP contribution in [0.3, 0.4) is 0 Å². The molecule has 0 aromatic heterocycles. The summed E-state index contributed by atoms with van der Waals surface area (Å²) in [6, 6.07) is 1.47. The summed E-state index contributed by atoms with van der Waals surface area (Å²) in [6.45, 7) is 3.18. The molecule has 114 valence electrons. The van der Waals surface area contributed by atoms with Crippen molar-refractivity contribution in [2.45, 2.75) is 19.8 Å². The van der Waals surface area contributed by atoms with Gasteiger partial charge in [-0.2, -0.15) is 0 Å². The fraction of sp³-hybridized carbons (Fsp3) is 0.429. The number of carbonyl (C=O) groups is 2. The number of anilines is 1. The SMILES string of the molecule is CC1(C(=O)Nc2cc(C(N)=O)c(F)cc2F)CCNCC1. The topological polar surface area (TPSA) is 84.2 Å². The Bertz CT molecular complexity index is 584. The largest absolute Gasteiger partial charge is 0.366 e. The lowest BCUT2D eigenvalue weighted by molar-refractivity contribution is -0.126. The minimum atomic E-state index is -1.05. The Kier molecular flexibility index (Phi) is 4.22. The van der Waals surface area contributed by atoms with Crippen molar-refractivity contribution in [2.24, 2.45) is 11.1 Å². The second kappa shape index (κ2) is 5.77. The molecule has 1 heterocycles. The molecule has 5 nitrogen and oxygen atoms in total. The number of rotatable bonds is 3. The summed E-state index contributed by atoms with van der Waals surface area (Å²) in [7, 11) is 0. The highest BCUT2D eigenvalue weighted by molar-refractivity contribution is 5.98. The summed E-state index contributed by atoms with van der Waals surface area (Å²) in [5, 5.41) is 5.56. The minimum Gasteiger partial charge on any atom is -0.366 e. The Morgan fingerprint density at radius 3 is 2.43 bits per heavy atom. The standard InChI is InChI=1S/C14H17F2N3O2/c1-14(2-4-18-5-3-14)13(21)19-11-6-8(12(17)20)9(15)7-10(11)16/h6-7,18H,2-5H2,1H3,(H2,17,20)(H,19,21). The first-order chi connectivity index (χ1) is 9.83. The number of nitrogens with two attached hydrogens (primary N) is 1. The summed E-state index contributed by atoms with van der Waals surface area (Å²) in [4.78, 5) is 23.4. The number of hydrogen-bond acceptors (Lipinski definition) is 3. The van der Waals surface area contributed by atoms with Crippen molar-refractivity contribution < 1.29 is 18.4 Å². The van der Waals surface area contributed by atoms with E-state index in [1.54, 1.807) is 6.92 Å². The van der Waals surface area contributed by atoms with Gasteiger partial charge in [0.1, 0.15) is 11.6 Å². The van der Waals surface area contributed by atoms with Crippen molar-refractivity contribution in [2.75, 3.05) is 18.4 Å². The molecule has 0 aliphatic carbocycles. The van der Waals surface area contributed by atoms with Gasteiger partial charge in [-0.3, -0.25) is 9.59 Å². The smallest absolute Gasteiger partial charge is 0.251 e. The Morgan fingerprint density at radius 2 is 1.86 bits per heavy atom. The average molecular weight is 297 g/mol. The Hall–Kier alpha value is -2.02. The first-order valence-electron chi connectivity index (χ1n) is 6.64. The van der Waals surface area contributed by atoms with Gasteiger partial charge in [0.2, 0.25) is 5.91 Å². The van der Waals surface area contributed by atoms with E-state index in [0.29, 0.717) is 32.0 Å². The fourth-order valence-electron chi connectivity index (χ4n) is 2.31. The molecule has 0 bridgehead atoms. The average Bonchev–Trinajstić information content (AvgIpc) is 2.42. The lowest BCUT2D eigenvalue weighted by Gasteiger charge is -2.32. The molecule has 2 rings (SSSR count). The van der Waals surface area contributed by atoms with Gasteiger partial charge in [0.15, 0.2) is 0 Å². The molecule has 0 atom stereocenters. The van der Waals surface area contributed by atoms with E-state index >= 15 is 0 Å². The van der Waals surface area contributed by atoms with Gasteiger partial charge in [-0.25, -0.2) is 8.78 Å². The zero-order valence-corrected chi connectivity index (χ0v) is 11.6. The van der Waals surface area contributed by atoms with Crippen molar-refractivity contribution in [3.05, 3.63) is 29.3 Å². The summed E-state index contributed by atoms with van der Waals surface area (Å²) in [5.41, 5.74) is 3.69. The zero-order chi connectivity index (χ0) is 15.6. The predicted octanol–water partition coefficient (Wildman–Crippen LogP) is 1.39. The predicted molar refractivity (Wildman–Crippen MR) is 73.7 cm³/mol. The van der Waals surface area contributed by atoms with E-state index in [0.717, 1.165) is 6.07 Å². The number of amides is 2. The minimum absolute atomic E-state index is 0.241.